The number of methoxy groups -OCH3 is 1. The average Bonchev–Trinajstić information content (AvgIpc) is 2.63. The average molecular weight is 361 g/mol. The molecule has 132 valence electrons. The minimum absolute atomic E-state index is 0.0255. The van der Waals surface area contributed by atoms with Gasteiger partial charge in [-0.15, -0.1) is 0 Å². The van der Waals surface area contributed by atoms with Crippen LogP contribution in [0.3, 0.4) is 0 Å². The zero-order chi connectivity index (χ0) is 18.3. The van der Waals surface area contributed by atoms with Gasteiger partial charge in [0.2, 0.25) is 9.84 Å². The molecule has 1 N–H and O–H groups in total. The highest BCUT2D eigenvalue weighted by molar-refractivity contribution is 7.96. The van der Waals surface area contributed by atoms with E-state index in [2.05, 4.69) is 10.1 Å². The van der Waals surface area contributed by atoms with Crippen LogP contribution in [0.25, 0.3) is 0 Å². The largest absolute Gasteiger partial charge is 0.494 e. The van der Waals surface area contributed by atoms with E-state index in [1.807, 2.05) is 13.0 Å². The van der Waals surface area contributed by atoms with Crippen LogP contribution in [0.2, 0.25) is 0 Å². The Bertz CT molecular complexity index is 843. The lowest BCUT2D eigenvalue weighted by Gasteiger charge is -2.10. The summed E-state index contributed by atoms with van der Waals surface area (Å²) in [6.07, 6.45) is 1.13. The van der Waals surface area contributed by atoms with E-state index in [0.717, 1.165) is 13.3 Å². The zero-order valence-corrected chi connectivity index (χ0v) is 14.7. The third kappa shape index (κ3) is 4.60. The highest BCUT2D eigenvalue weighted by atomic mass is 32.2. The van der Waals surface area contributed by atoms with Crippen molar-refractivity contribution in [1.82, 2.24) is 0 Å². The number of para-hydroxylation sites is 1. The lowest BCUT2D eigenvalue weighted by Crippen LogP contribution is -2.17. The molecular formula is C18H19NO5S. The molecule has 0 radical (unpaired) electrons. The van der Waals surface area contributed by atoms with E-state index in [1.165, 1.54) is 24.3 Å². The molecule has 0 heterocycles. The molecule has 0 atom stereocenters. The minimum Gasteiger partial charge on any atom is -0.494 e. The van der Waals surface area contributed by atoms with Crippen molar-refractivity contribution in [2.45, 2.75) is 11.8 Å². The van der Waals surface area contributed by atoms with E-state index in [1.54, 1.807) is 24.3 Å². The van der Waals surface area contributed by atoms with Gasteiger partial charge in [0.05, 0.1) is 18.6 Å². The number of nitrogens with one attached hydrogen (secondary N) is 1. The van der Waals surface area contributed by atoms with E-state index in [0.29, 0.717) is 18.0 Å². The number of hydrogen-bond donors (Lipinski definition) is 1. The Balaban J connectivity index is 2.36. The Kier molecular flexibility index (Phi) is 6.19. The summed E-state index contributed by atoms with van der Waals surface area (Å²) in [6, 6.07) is 14.7. The van der Waals surface area contributed by atoms with Crippen molar-refractivity contribution in [3.8, 4) is 5.75 Å². The number of anilines is 1. The van der Waals surface area contributed by atoms with Crippen molar-refractivity contribution in [2.75, 3.05) is 19.0 Å². The molecule has 0 fully saturated rings. The molecule has 0 bridgehead atoms. The fourth-order valence-electron chi connectivity index (χ4n) is 2.04. The number of ether oxygens (including phenoxy) is 2. The van der Waals surface area contributed by atoms with Gasteiger partial charge in [0.1, 0.15) is 5.75 Å². The van der Waals surface area contributed by atoms with Gasteiger partial charge in [0.15, 0.2) is 4.91 Å². The number of rotatable bonds is 7. The third-order valence-electron chi connectivity index (χ3n) is 3.26. The number of benzene rings is 2. The Morgan fingerprint density at radius 2 is 1.72 bits per heavy atom. The fourth-order valence-corrected chi connectivity index (χ4v) is 3.30. The van der Waals surface area contributed by atoms with Crippen LogP contribution in [-0.4, -0.2) is 28.1 Å². The molecule has 0 aliphatic heterocycles. The monoisotopic (exact) mass is 361 g/mol. The van der Waals surface area contributed by atoms with Crippen LogP contribution in [0.5, 0.6) is 5.75 Å². The summed E-state index contributed by atoms with van der Waals surface area (Å²) >= 11 is 0. The first-order valence-corrected chi connectivity index (χ1v) is 9.05. The van der Waals surface area contributed by atoms with Gasteiger partial charge >= 0.3 is 5.97 Å². The molecule has 6 nitrogen and oxygen atoms in total. The molecule has 0 saturated heterocycles. The molecule has 0 spiro atoms. The predicted molar refractivity (Wildman–Crippen MR) is 95.0 cm³/mol. The van der Waals surface area contributed by atoms with Crippen molar-refractivity contribution in [2.24, 2.45) is 0 Å². The van der Waals surface area contributed by atoms with E-state index in [-0.39, 0.29) is 4.90 Å². The van der Waals surface area contributed by atoms with Crippen LogP contribution in [0, 0.1) is 0 Å². The fraction of sp³-hybridized carbons (Fsp3) is 0.167. The molecule has 0 aliphatic rings. The van der Waals surface area contributed by atoms with E-state index >= 15 is 0 Å². The maximum atomic E-state index is 12.8. The Hall–Kier alpha value is -2.80. The van der Waals surface area contributed by atoms with Crippen LogP contribution < -0.4 is 10.1 Å². The Morgan fingerprint density at radius 3 is 2.28 bits per heavy atom. The molecule has 0 aromatic heterocycles. The highest BCUT2D eigenvalue weighted by Gasteiger charge is 2.28. The van der Waals surface area contributed by atoms with Gasteiger partial charge in [-0.2, -0.15) is 0 Å². The lowest BCUT2D eigenvalue weighted by molar-refractivity contribution is -0.135. The molecule has 0 unspecified atom stereocenters. The van der Waals surface area contributed by atoms with Crippen LogP contribution >= 0.6 is 0 Å². The summed E-state index contributed by atoms with van der Waals surface area (Å²) in [5.74, 6) is -0.398. The number of hydrogen-bond acceptors (Lipinski definition) is 6. The quantitative estimate of drug-likeness (QED) is 0.603. The van der Waals surface area contributed by atoms with Crippen molar-refractivity contribution in [1.29, 1.82) is 0 Å². The first kappa shape index (κ1) is 18.5. The van der Waals surface area contributed by atoms with Crippen LogP contribution in [0.1, 0.15) is 6.92 Å². The zero-order valence-electron chi connectivity index (χ0n) is 13.9. The molecular weight excluding hydrogens is 342 g/mol. The first-order valence-electron chi connectivity index (χ1n) is 7.57. The van der Waals surface area contributed by atoms with Gasteiger partial charge in [0, 0.05) is 11.9 Å². The van der Waals surface area contributed by atoms with Gasteiger partial charge in [-0.3, -0.25) is 0 Å². The molecule has 7 heteroatoms. The summed E-state index contributed by atoms with van der Waals surface area (Å²) in [5.41, 5.74) is 0.644. The van der Waals surface area contributed by atoms with Crippen LogP contribution in [0.4, 0.5) is 5.69 Å². The predicted octanol–water partition coefficient (Wildman–Crippen LogP) is 2.99. The van der Waals surface area contributed by atoms with Gasteiger partial charge in [-0.05, 0) is 43.3 Å². The molecule has 0 saturated carbocycles. The molecule has 2 aromatic carbocycles. The number of sulfone groups is 1. The number of esters is 1. The summed E-state index contributed by atoms with van der Waals surface area (Å²) < 4.78 is 35.5. The van der Waals surface area contributed by atoms with Crippen molar-refractivity contribution in [3.63, 3.8) is 0 Å². The molecule has 25 heavy (non-hydrogen) atoms. The van der Waals surface area contributed by atoms with Gasteiger partial charge < -0.3 is 14.8 Å². The smallest absolute Gasteiger partial charge is 0.351 e. The minimum atomic E-state index is -4.05. The third-order valence-corrected chi connectivity index (χ3v) is 5.02. The van der Waals surface area contributed by atoms with E-state index < -0.39 is 20.7 Å². The van der Waals surface area contributed by atoms with E-state index in [9.17, 15) is 13.2 Å². The van der Waals surface area contributed by atoms with Crippen molar-refractivity contribution in [3.05, 3.63) is 65.7 Å². The second kappa shape index (κ2) is 8.34. The summed E-state index contributed by atoms with van der Waals surface area (Å²) in [6.45, 7) is 2.30. The summed E-state index contributed by atoms with van der Waals surface area (Å²) in [4.78, 5) is 11.5. The van der Waals surface area contributed by atoms with Gasteiger partial charge in [-0.25, -0.2) is 13.2 Å². The maximum absolute atomic E-state index is 12.8. The standard InChI is InChI=1S/C18H19NO5S/c1-3-24-15-9-11-16(12-10-15)25(21,22)17(18(20)23-2)13-19-14-7-5-4-6-8-14/h4-13,19H,3H2,1-2H3/b17-13-. The molecule has 0 aliphatic carbocycles. The normalized spacial score (nSPS) is 11.7. The Labute approximate surface area is 147 Å². The number of carbonyl (C=O) groups is 1. The number of carbonyl (C=O) groups excluding carboxylic acids is 1. The highest BCUT2D eigenvalue weighted by Crippen LogP contribution is 2.23. The summed E-state index contributed by atoms with van der Waals surface area (Å²) in [7, 11) is -2.91. The Morgan fingerprint density at radius 1 is 1.08 bits per heavy atom. The second-order valence-corrected chi connectivity index (χ2v) is 6.84. The van der Waals surface area contributed by atoms with Crippen molar-refractivity contribution < 1.29 is 22.7 Å². The topological polar surface area (TPSA) is 81.7 Å². The molecule has 2 aromatic rings. The van der Waals surface area contributed by atoms with Crippen molar-refractivity contribution >= 4 is 21.5 Å². The maximum Gasteiger partial charge on any atom is 0.351 e. The summed E-state index contributed by atoms with van der Waals surface area (Å²) in [5, 5.41) is 2.80. The lowest BCUT2D eigenvalue weighted by atomic mass is 10.3. The van der Waals surface area contributed by atoms with Crippen LogP contribution in [0.15, 0.2) is 70.6 Å². The van der Waals surface area contributed by atoms with Gasteiger partial charge in [-0.1, -0.05) is 18.2 Å². The molecule has 2 rings (SSSR count). The van der Waals surface area contributed by atoms with E-state index in [4.69, 9.17) is 4.74 Å². The second-order valence-electron chi connectivity index (χ2n) is 4.92. The van der Waals surface area contributed by atoms with Gasteiger partial charge in [0.25, 0.3) is 0 Å². The molecule has 0 amide bonds. The van der Waals surface area contributed by atoms with Crippen LogP contribution in [-0.2, 0) is 19.4 Å². The SMILES string of the molecule is CCOc1ccc(S(=O)(=O)/C(=C\Nc2ccccc2)C(=O)OC)cc1. The first-order chi connectivity index (χ1) is 12.0.